The molecule has 1 saturated heterocycles. The van der Waals surface area contributed by atoms with E-state index in [0.717, 1.165) is 30.8 Å². The molecule has 2 aromatic rings. The summed E-state index contributed by atoms with van der Waals surface area (Å²) in [4.78, 5) is 14.7. The number of halogens is 2. The number of hydrogen-bond acceptors (Lipinski definition) is 4. The summed E-state index contributed by atoms with van der Waals surface area (Å²) in [5, 5.41) is 12.2. The standard InChI is InChI=1S/C18H20Cl2N4O/c1-12(13-4-6-15(19)7-5-13)21-18(25)14-3-2-10-24(11-14)17-9-8-16(20)22-23-17/h4-9,12,14H,2-3,10-11H2,1H3,(H,21,25)/t12-,14+/m1/s1. The van der Waals surface area contributed by atoms with Crippen molar-refractivity contribution in [1.82, 2.24) is 15.5 Å². The monoisotopic (exact) mass is 378 g/mol. The van der Waals surface area contributed by atoms with Crippen LogP contribution >= 0.6 is 23.2 Å². The van der Waals surface area contributed by atoms with Crippen LogP contribution in [0.5, 0.6) is 0 Å². The van der Waals surface area contributed by atoms with Gasteiger partial charge in [-0.15, -0.1) is 10.2 Å². The quantitative estimate of drug-likeness (QED) is 0.876. The van der Waals surface area contributed by atoms with E-state index in [2.05, 4.69) is 20.4 Å². The molecule has 0 spiro atoms. The molecule has 0 radical (unpaired) electrons. The Bertz CT molecular complexity index is 721. The van der Waals surface area contributed by atoms with Crippen LogP contribution in [-0.2, 0) is 4.79 Å². The first-order valence-corrected chi connectivity index (χ1v) is 9.08. The van der Waals surface area contributed by atoms with Gasteiger partial charge in [0.05, 0.1) is 12.0 Å². The number of rotatable bonds is 4. The van der Waals surface area contributed by atoms with E-state index in [1.807, 2.05) is 37.3 Å². The lowest BCUT2D eigenvalue weighted by Crippen LogP contribution is -2.44. The number of nitrogens with zero attached hydrogens (tertiary/aromatic N) is 3. The van der Waals surface area contributed by atoms with Crippen LogP contribution in [0.2, 0.25) is 10.2 Å². The molecule has 0 aliphatic carbocycles. The second-order valence-corrected chi connectivity index (χ2v) is 7.10. The zero-order valence-corrected chi connectivity index (χ0v) is 15.5. The molecule has 2 heterocycles. The molecule has 1 N–H and O–H groups in total. The molecule has 132 valence electrons. The molecule has 0 bridgehead atoms. The van der Waals surface area contributed by atoms with Gasteiger partial charge < -0.3 is 10.2 Å². The second kappa shape index (κ2) is 8.02. The molecular weight excluding hydrogens is 359 g/mol. The number of piperidine rings is 1. The van der Waals surface area contributed by atoms with Gasteiger partial charge in [0.1, 0.15) is 0 Å². The van der Waals surface area contributed by atoms with Crippen molar-refractivity contribution in [2.24, 2.45) is 5.92 Å². The highest BCUT2D eigenvalue weighted by atomic mass is 35.5. The van der Waals surface area contributed by atoms with Crippen molar-refractivity contribution in [1.29, 1.82) is 0 Å². The summed E-state index contributed by atoms with van der Waals surface area (Å²) in [7, 11) is 0. The average Bonchev–Trinajstić information content (AvgIpc) is 2.63. The summed E-state index contributed by atoms with van der Waals surface area (Å²) in [5.74, 6) is 0.753. The maximum atomic E-state index is 12.7. The van der Waals surface area contributed by atoms with Crippen LogP contribution in [0, 0.1) is 5.92 Å². The molecule has 5 nitrogen and oxygen atoms in total. The van der Waals surface area contributed by atoms with Gasteiger partial charge in [0.25, 0.3) is 0 Å². The number of nitrogens with one attached hydrogen (secondary N) is 1. The van der Waals surface area contributed by atoms with Crippen LogP contribution < -0.4 is 10.2 Å². The Morgan fingerprint density at radius 3 is 2.64 bits per heavy atom. The number of carbonyl (C=O) groups excluding carboxylic acids is 1. The van der Waals surface area contributed by atoms with Crippen molar-refractivity contribution < 1.29 is 4.79 Å². The van der Waals surface area contributed by atoms with Crippen molar-refractivity contribution in [2.45, 2.75) is 25.8 Å². The van der Waals surface area contributed by atoms with E-state index >= 15 is 0 Å². The molecule has 1 aromatic carbocycles. The van der Waals surface area contributed by atoms with Gasteiger partial charge in [0.15, 0.2) is 11.0 Å². The minimum Gasteiger partial charge on any atom is -0.354 e. The third-order valence-electron chi connectivity index (χ3n) is 4.46. The number of aromatic nitrogens is 2. The highest BCUT2D eigenvalue weighted by Crippen LogP contribution is 2.23. The molecule has 7 heteroatoms. The van der Waals surface area contributed by atoms with E-state index in [4.69, 9.17) is 23.2 Å². The van der Waals surface area contributed by atoms with Crippen molar-refractivity contribution in [3.63, 3.8) is 0 Å². The highest BCUT2D eigenvalue weighted by Gasteiger charge is 2.27. The lowest BCUT2D eigenvalue weighted by atomic mass is 9.96. The number of amides is 1. The van der Waals surface area contributed by atoms with Crippen LogP contribution in [0.4, 0.5) is 5.82 Å². The number of benzene rings is 1. The van der Waals surface area contributed by atoms with Crippen LogP contribution in [0.3, 0.4) is 0 Å². The smallest absolute Gasteiger partial charge is 0.225 e. The van der Waals surface area contributed by atoms with E-state index in [0.29, 0.717) is 16.7 Å². The summed E-state index contributed by atoms with van der Waals surface area (Å²) in [6.07, 6.45) is 1.81. The van der Waals surface area contributed by atoms with Gasteiger partial charge in [-0.25, -0.2) is 0 Å². The van der Waals surface area contributed by atoms with Crippen molar-refractivity contribution >= 4 is 34.9 Å². The fourth-order valence-corrected chi connectivity index (χ4v) is 3.27. The summed E-state index contributed by atoms with van der Waals surface area (Å²) in [6, 6.07) is 11.0. The van der Waals surface area contributed by atoms with Crippen molar-refractivity contribution in [3.05, 3.63) is 52.1 Å². The first kappa shape index (κ1) is 18.0. The van der Waals surface area contributed by atoms with E-state index in [-0.39, 0.29) is 17.9 Å². The normalized spacial score (nSPS) is 18.7. The molecule has 2 atom stereocenters. The Kier molecular flexibility index (Phi) is 5.76. The predicted molar refractivity (Wildman–Crippen MR) is 100.0 cm³/mol. The van der Waals surface area contributed by atoms with Gasteiger partial charge in [-0.1, -0.05) is 35.3 Å². The van der Waals surface area contributed by atoms with Crippen LogP contribution in [0.1, 0.15) is 31.4 Å². The molecule has 1 amide bonds. The van der Waals surface area contributed by atoms with Gasteiger partial charge >= 0.3 is 0 Å². The third kappa shape index (κ3) is 4.61. The molecule has 1 aliphatic rings. The van der Waals surface area contributed by atoms with Gasteiger partial charge in [0, 0.05) is 18.1 Å². The van der Waals surface area contributed by atoms with Gasteiger partial charge in [-0.2, -0.15) is 0 Å². The minimum atomic E-state index is -0.0685. The maximum Gasteiger partial charge on any atom is 0.225 e. The summed E-state index contributed by atoms with van der Waals surface area (Å²) < 4.78 is 0. The predicted octanol–water partition coefficient (Wildman–Crippen LogP) is 3.88. The zero-order chi connectivity index (χ0) is 17.8. The van der Waals surface area contributed by atoms with E-state index < -0.39 is 0 Å². The fraction of sp³-hybridized carbons (Fsp3) is 0.389. The molecule has 1 fully saturated rings. The molecule has 1 aliphatic heterocycles. The van der Waals surface area contributed by atoms with Gasteiger partial charge in [-0.05, 0) is 49.6 Å². The average molecular weight is 379 g/mol. The molecule has 0 unspecified atom stereocenters. The third-order valence-corrected chi connectivity index (χ3v) is 4.92. The Balaban J connectivity index is 1.61. The summed E-state index contributed by atoms with van der Waals surface area (Å²) in [6.45, 7) is 3.48. The Labute approximate surface area is 157 Å². The van der Waals surface area contributed by atoms with Crippen LogP contribution in [-0.4, -0.2) is 29.2 Å². The molecule has 25 heavy (non-hydrogen) atoms. The van der Waals surface area contributed by atoms with E-state index in [9.17, 15) is 4.79 Å². The van der Waals surface area contributed by atoms with Crippen LogP contribution in [0.25, 0.3) is 0 Å². The molecule has 3 rings (SSSR count). The lowest BCUT2D eigenvalue weighted by Gasteiger charge is -2.33. The Morgan fingerprint density at radius 2 is 1.96 bits per heavy atom. The highest BCUT2D eigenvalue weighted by molar-refractivity contribution is 6.30. The maximum absolute atomic E-state index is 12.7. The fourth-order valence-electron chi connectivity index (χ4n) is 3.04. The number of carbonyl (C=O) groups is 1. The van der Waals surface area contributed by atoms with Gasteiger partial charge in [0.2, 0.25) is 5.91 Å². The number of anilines is 1. The first-order chi connectivity index (χ1) is 12.0. The SMILES string of the molecule is C[C@@H](NC(=O)[C@H]1CCCN(c2ccc(Cl)nn2)C1)c1ccc(Cl)cc1. The summed E-state index contributed by atoms with van der Waals surface area (Å²) in [5.41, 5.74) is 1.04. The Morgan fingerprint density at radius 1 is 1.20 bits per heavy atom. The molecule has 1 aromatic heterocycles. The largest absolute Gasteiger partial charge is 0.354 e. The van der Waals surface area contributed by atoms with Gasteiger partial charge in [-0.3, -0.25) is 4.79 Å². The zero-order valence-electron chi connectivity index (χ0n) is 14.0. The first-order valence-electron chi connectivity index (χ1n) is 8.33. The number of hydrogen-bond donors (Lipinski definition) is 1. The summed E-state index contributed by atoms with van der Waals surface area (Å²) >= 11 is 11.7. The molecule has 0 saturated carbocycles. The van der Waals surface area contributed by atoms with E-state index in [1.54, 1.807) is 6.07 Å². The minimum absolute atomic E-state index is 0.0598. The van der Waals surface area contributed by atoms with Crippen molar-refractivity contribution in [3.8, 4) is 0 Å². The van der Waals surface area contributed by atoms with E-state index in [1.165, 1.54) is 0 Å². The molecular formula is C18H20Cl2N4O. The topological polar surface area (TPSA) is 58.1 Å². The Hall–Kier alpha value is -1.85. The lowest BCUT2D eigenvalue weighted by molar-refractivity contribution is -0.125. The van der Waals surface area contributed by atoms with Crippen molar-refractivity contribution in [2.75, 3.05) is 18.0 Å². The second-order valence-electron chi connectivity index (χ2n) is 6.28. The van der Waals surface area contributed by atoms with Crippen LogP contribution in [0.15, 0.2) is 36.4 Å².